The molecule has 8 heteroatoms. The van der Waals surface area contributed by atoms with Gasteiger partial charge in [0.1, 0.15) is 11.6 Å². The van der Waals surface area contributed by atoms with Crippen LogP contribution in [0.25, 0.3) is 11.3 Å². The van der Waals surface area contributed by atoms with E-state index in [4.69, 9.17) is 11.5 Å². The van der Waals surface area contributed by atoms with Crippen molar-refractivity contribution in [1.29, 1.82) is 0 Å². The zero-order chi connectivity index (χ0) is 21.1. The Morgan fingerprint density at radius 3 is 2.52 bits per heavy atom. The highest BCUT2D eigenvalue weighted by molar-refractivity contribution is 5.95. The van der Waals surface area contributed by atoms with Crippen molar-refractivity contribution in [3.8, 4) is 23.1 Å². The van der Waals surface area contributed by atoms with E-state index >= 15 is 0 Å². The Morgan fingerprint density at radius 2 is 1.86 bits per heavy atom. The molecule has 0 unspecified atom stereocenters. The van der Waals surface area contributed by atoms with E-state index in [1.807, 2.05) is 0 Å². The van der Waals surface area contributed by atoms with E-state index < -0.39 is 5.82 Å². The third-order valence-electron chi connectivity index (χ3n) is 4.05. The van der Waals surface area contributed by atoms with Crippen LogP contribution in [0.1, 0.15) is 27.2 Å². The number of rotatable bonds is 2. The van der Waals surface area contributed by atoms with Crippen LogP contribution < -0.4 is 11.5 Å². The molecule has 0 aliphatic carbocycles. The topological polar surface area (TPSA) is 111 Å². The molecule has 0 fully saturated rings. The van der Waals surface area contributed by atoms with Gasteiger partial charge in [-0.3, -0.25) is 4.79 Å². The lowest BCUT2D eigenvalue weighted by Crippen LogP contribution is -2.21. The van der Waals surface area contributed by atoms with Gasteiger partial charge in [-0.2, -0.15) is 0 Å². The summed E-state index contributed by atoms with van der Waals surface area (Å²) in [7, 11) is 3.19. The summed E-state index contributed by atoms with van der Waals surface area (Å²) >= 11 is 0. The first-order valence-electron chi connectivity index (χ1n) is 8.65. The van der Waals surface area contributed by atoms with Crippen molar-refractivity contribution in [2.45, 2.75) is 6.92 Å². The van der Waals surface area contributed by atoms with E-state index in [2.05, 4.69) is 26.8 Å². The second kappa shape index (κ2) is 7.94. The van der Waals surface area contributed by atoms with Gasteiger partial charge >= 0.3 is 0 Å². The summed E-state index contributed by atoms with van der Waals surface area (Å²) in [5.74, 6) is 5.50. The standard InChI is InChI=1S/C21H19FN6O/c1-12-17(6-4-13-5-7-18(23)25-11-13)19(27-21(24)26-12)14-8-15(10-16(22)9-14)20(29)28(2)3/h5,7-11H,1-3H3,(H2,23,25)(H2,24,26,27). The maximum atomic E-state index is 14.3. The van der Waals surface area contributed by atoms with Crippen molar-refractivity contribution in [2.24, 2.45) is 0 Å². The molecule has 0 saturated carbocycles. The molecule has 0 radical (unpaired) electrons. The fourth-order valence-electron chi connectivity index (χ4n) is 2.68. The van der Waals surface area contributed by atoms with Gasteiger partial charge in [0.05, 0.1) is 17.0 Å². The molecule has 3 aromatic rings. The SMILES string of the molecule is Cc1nc(N)nc(-c2cc(F)cc(C(=O)N(C)C)c2)c1C#Cc1ccc(N)nc1. The lowest BCUT2D eigenvalue weighted by Gasteiger charge is -2.13. The predicted molar refractivity (Wildman–Crippen MR) is 109 cm³/mol. The third kappa shape index (κ3) is 4.47. The fraction of sp³-hybridized carbons (Fsp3) is 0.143. The van der Waals surface area contributed by atoms with E-state index in [1.165, 1.54) is 17.0 Å². The van der Waals surface area contributed by atoms with Gasteiger partial charge in [-0.15, -0.1) is 0 Å². The second-order valence-electron chi connectivity index (χ2n) is 6.54. The Balaban J connectivity index is 2.16. The first kappa shape index (κ1) is 19.8. The van der Waals surface area contributed by atoms with Crippen molar-refractivity contribution in [3.05, 3.63) is 64.7 Å². The molecular weight excluding hydrogens is 371 g/mol. The largest absolute Gasteiger partial charge is 0.384 e. The maximum Gasteiger partial charge on any atom is 0.253 e. The van der Waals surface area contributed by atoms with Crippen molar-refractivity contribution in [3.63, 3.8) is 0 Å². The van der Waals surface area contributed by atoms with Crippen molar-refractivity contribution < 1.29 is 9.18 Å². The number of pyridine rings is 1. The summed E-state index contributed by atoms with van der Waals surface area (Å²) in [6, 6.07) is 7.39. The number of nitrogens with two attached hydrogens (primary N) is 2. The number of amides is 1. The smallest absolute Gasteiger partial charge is 0.253 e. The van der Waals surface area contributed by atoms with Crippen LogP contribution in [0, 0.1) is 24.6 Å². The monoisotopic (exact) mass is 390 g/mol. The van der Waals surface area contributed by atoms with Crippen LogP contribution in [0.3, 0.4) is 0 Å². The van der Waals surface area contributed by atoms with Crippen LogP contribution in [0.5, 0.6) is 0 Å². The number of hydrogen-bond donors (Lipinski definition) is 2. The average molecular weight is 390 g/mol. The number of nitrogens with zero attached hydrogens (tertiary/aromatic N) is 4. The molecule has 7 nitrogen and oxygen atoms in total. The number of halogens is 1. The predicted octanol–water partition coefficient (Wildman–Crippen LogP) is 2.25. The Morgan fingerprint density at radius 1 is 1.10 bits per heavy atom. The van der Waals surface area contributed by atoms with Gasteiger partial charge in [0.15, 0.2) is 0 Å². The molecule has 0 aliphatic rings. The van der Waals surface area contributed by atoms with Gasteiger partial charge in [-0.05, 0) is 37.3 Å². The van der Waals surface area contributed by atoms with Crippen molar-refractivity contribution >= 4 is 17.7 Å². The number of nitrogen functional groups attached to an aromatic ring is 2. The maximum absolute atomic E-state index is 14.3. The van der Waals surface area contributed by atoms with Crippen LogP contribution in [0.2, 0.25) is 0 Å². The number of anilines is 2. The highest BCUT2D eigenvalue weighted by Gasteiger charge is 2.16. The average Bonchev–Trinajstić information content (AvgIpc) is 2.67. The summed E-state index contributed by atoms with van der Waals surface area (Å²) in [5.41, 5.74) is 14.0. The Hall–Kier alpha value is -3.99. The molecule has 0 aliphatic heterocycles. The number of carbonyl (C=O) groups is 1. The normalized spacial score (nSPS) is 10.2. The molecule has 3 rings (SSSR count). The zero-order valence-electron chi connectivity index (χ0n) is 16.2. The minimum Gasteiger partial charge on any atom is -0.384 e. The summed E-state index contributed by atoms with van der Waals surface area (Å²) in [6.45, 7) is 1.73. The van der Waals surface area contributed by atoms with Gasteiger partial charge in [0, 0.05) is 37.0 Å². The van der Waals surface area contributed by atoms with Crippen LogP contribution in [-0.4, -0.2) is 39.9 Å². The number of aromatic nitrogens is 3. The number of aryl methyl sites for hydroxylation is 1. The van der Waals surface area contributed by atoms with Crippen LogP contribution >= 0.6 is 0 Å². The van der Waals surface area contributed by atoms with E-state index in [1.54, 1.807) is 45.4 Å². The molecule has 2 aromatic heterocycles. The minimum absolute atomic E-state index is 0.0296. The van der Waals surface area contributed by atoms with Gasteiger partial charge in [-0.1, -0.05) is 11.8 Å². The summed E-state index contributed by atoms with van der Waals surface area (Å²) in [4.78, 5) is 26.1. The summed E-state index contributed by atoms with van der Waals surface area (Å²) in [6.07, 6.45) is 1.55. The molecule has 4 N–H and O–H groups in total. The fourth-order valence-corrected chi connectivity index (χ4v) is 2.68. The molecule has 0 bridgehead atoms. The zero-order valence-corrected chi connectivity index (χ0v) is 16.2. The summed E-state index contributed by atoms with van der Waals surface area (Å²) in [5, 5.41) is 0. The lowest BCUT2D eigenvalue weighted by atomic mass is 10.0. The molecule has 0 saturated heterocycles. The molecular formula is C21H19FN6O. The first-order chi connectivity index (χ1) is 13.7. The Kier molecular flexibility index (Phi) is 5.41. The molecule has 0 atom stereocenters. The quantitative estimate of drug-likeness (QED) is 0.649. The molecule has 0 spiro atoms. The van der Waals surface area contributed by atoms with E-state index in [9.17, 15) is 9.18 Å². The molecule has 1 aromatic carbocycles. The van der Waals surface area contributed by atoms with Gasteiger partial charge in [-0.25, -0.2) is 19.3 Å². The lowest BCUT2D eigenvalue weighted by molar-refractivity contribution is 0.0827. The Labute approximate surface area is 167 Å². The van der Waals surface area contributed by atoms with Gasteiger partial charge < -0.3 is 16.4 Å². The molecule has 2 heterocycles. The highest BCUT2D eigenvalue weighted by Crippen LogP contribution is 2.26. The second-order valence-corrected chi connectivity index (χ2v) is 6.54. The van der Waals surface area contributed by atoms with Gasteiger partial charge in [0.2, 0.25) is 5.95 Å². The van der Waals surface area contributed by atoms with Crippen LogP contribution in [0.4, 0.5) is 16.2 Å². The third-order valence-corrected chi connectivity index (χ3v) is 4.05. The number of carbonyl (C=O) groups excluding carboxylic acids is 1. The molecule has 29 heavy (non-hydrogen) atoms. The van der Waals surface area contributed by atoms with Crippen molar-refractivity contribution in [1.82, 2.24) is 19.9 Å². The minimum atomic E-state index is -0.566. The first-order valence-corrected chi connectivity index (χ1v) is 8.65. The van der Waals surface area contributed by atoms with E-state index in [-0.39, 0.29) is 17.4 Å². The van der Waals surface area contributed by atoms with E-state index in [0.717, 1.165) is 0 Å². The Bertz CT molecular complexity index is 1150. The van der Waals surface area contributed by atoms with Crippen LogP contribution in [0.15, 0.2) is 36.5 Å². The van der Waals surface area contributed by atoms with Gasteiger partial charge in [0.25, 0.3) is 5.91 Å². The number of hydrogen-bond acceptors (Lipinski definition) is 6. The highest BCUT2D eigenvalue weighted by atomic mass is 19.1. The summed E-state index contributed by atoms with van der Waals surface area (Å²) < 4.78 is 14.3. The molecule has 1 amide bonds. The van der Waals surface area contributed by atoms with Crippen LogP contribution in [-0.2, 0) is 0 Å². The van der Waals surface area contributed by atoms with Crippen molar-refractivity contribution in [2.75, 3.05) is 25.6 Å². The van der Waals surface area contributed by atoms with E-state index in [0.29, 0.717) is 33.9 Å². The number of benzene rings is 1. The molecule has 146 valence electrons.